The minimum absolute atomic E-state index is 0.911. The van der Waals surface area contributed by atoms with Crippen LogP contribution in [0.4, 0.5) is 0 Å². The number of rotatable bonds is 3. The number of aromatic nitrogens is 2. The zero-order valence-electron chi connectivity index (χ0n) is 9.89. The van der Waals surface area contributed by atoms with E-state index in [1.807, 2.05) is 17.9 Å². The van der Waals surface area contributed by atoms with Crippen LogP contribution in [0.3, 0.4) is 0 Å². The maximum absolute atomic E-state index is 4.21. The molecule has 0 aliphatic carbocycles. The fourth-order valence-electron chi connectivity index (χ4n) is 3.02. The molecule has 0 radical (unpaired) electrons. The van der Waals surface area contributed by atoms with E-state index in [2.05, 4.69) is 21.5 Å². The van der Waals surface area contributed by atoms with Gasteiger partial charge in [0.25, 0.3) is 0 Å². The molecule has 1 aromatic heterocycles. The molecule has 1 N–H and O–H groups in total. The molecule has 2 atom stereocenters. The molecule has 4 heteroatoms. The fourth-order valence-corrected chi connectivity index (χ4v) is 3.02. The van der Waals surface area contributed by atoms with Crippen molar-refractivity contribution in [1.29, 1.82) is 0 Å². The largest absolute Gasteiger partial charge is 0.316 e. The number of fused-ring (bicyclic) bond motifs is 1. The van der Waals surface area contributed by atoms with Gasteiger partial charge in [0.2, 0.25) is 0 Å². The Hall–Kier alpha value is -0.870. The highest BCUT2D eigenvalue weighted by Crippen LogP contribution is 2.26. The molecule has 4 nitrogen and oxygen atoms in total. The van der Waals surface area contributed by atoms with Crippen LogP contribution in [0.25, 0.3) is 0 Å². The Morgan fingerprint density at radius 2 is 2.12 bits per heavy atom. The van der Waals surface area contributed by atoms with Gasteiger partial charge in [0.1, 0.15) is 0 Å². The van der Waals surface area contributed by atoms with Crippen molar-refractivity contribution in [3.05, 3.63) is 18.0 Å². The van der Waals surface area contributed by atoms with Gasteiger partial charge in [0, 0.05) is 32.9 Å². The number of hydrogen-bond acceptors (Lipinski definition) is 3. The monoisotopic (exact) mass is 220 g/mol. The van der Waals surface area contributed by atoms with Crippen LogP contribution in [-0.4, -0.2) is 47.4 Å². The summed E-state index contributed by atoms with van der Waals surface area (Å²) in [6.45, 7) is 6.23. The van der Waals surface area contributed by atoms with Crippen molar-refractivity contribution in [3.63, 3.8) is 0 Å². The van der Waals surface area contributed by atoms with E-state index in [4.69, 9.17) is 0 Å². The first-order chi connectivity index (χ1) is 7.81. The van der Waals surface area contributed by atoms with Crippen molar-refractivity contribution in [1.82, 2.24) is 20.0 Å². The van der Waals surface area contributed by atoms with Gasteiger partial charge >= 0.3 is 0 Å². The van der Waals surface area contributed by atoms with E-state index >= 15 is 0 Å². The summed E-state index contributed by atoms with van der Waals surface area (Å²) in [5.74, 6) is 1.82. The maximum atomic E-state index is 4.21. The highest BCUT2D eigenvalue weighted by Gasteiger charge is 2.35. The summed E-state index contributed by atoms with van der Waals surface area (Å²) in [4.78, 5) is 2.61. The van der Waals surface area contributed by atoms with E-state index in [9.17, 15) is 0 Å². The summed E-state index contributed by atoms with van der Waals surface area (Å²) in [5.41, 5.74) is 1.36. The van der Waals surface area contributed by atoms with E-state index in [1.54, 1.807) is 0 Å². The average molecular weight is 220 g/mol. The van der Waals surface area contributed by atoms with Crippen LogP contribution in [0.15, 0.2) is 12.4 Å². The van der Waals surface area contributed by atoms with Gasteiger partial charge in [0.15, 0.2) is 0 Å². The Kier molecular flexibility index (Phi) is 2.69. The third-order valence-electron chi connectivity index (χ3n) is 3.94. The highest BCUT2D eigenvalue weighted by atomic mass is 15.2. The topological polar surface area (TPSA) is 33.1 Å². The molecular formula is C12H20N4. The van der Waals surface area contributed by atoms with Crippen molar-refractivity contribution in [2.45, 2.75) is 6.42 Å². The van der Waals surface area contributed by atoms with Gasteiger partial charge in [-0.05, 0) is 36.9 Å². The van der Waals surface area contributed by atoms with Gasteiger partial charge in [-0.2, -0.15) is 5.10 Å². The van der Waals surface area contributed by atoms with Crippen LogP contribution in [0.5, 0.6) is 0 Å². The second-order valence-corrected chi connectivity index (χ2v) is 5.21. The molecule has 2 aliphatic rings. The number of aryl methyl sites for hydroxylation is 1. The lowest BCUT2D eigenvalue weighted by Gasteiger charge is -2.15. The van der Waals surface area contributed by atoms with E-state index in [0.717, 1.165) is 18.3 Å². The molecule has 0 bridgehead atoms. The van der Waals surface area contributed by atoms with Crippen molar-refractivity contribution >= 4 is 0 Å². The summed E-state index contributed by atoms with van der Waals surface area (Å²) in [6, 6.07) is 0. The minimum Gasteiger partial charge on any atom is -0.316 e. The predicted molar refractivity (Wildman–Crippen MR) is 63.2 cm³/mol. The molecule has 2 aliphatic heterocycles. The van der Waals surface area contributed by atoms with Gasteiger partial charge in [0.05, 0.1) is 6.20 Å². The summed E-state index contributed by atoms with van der Waals surface area (Å²) in [6.07, 6.45) is 5.25. The Morgan fingerprint density at radius 3 is 2.75 bits per heavy atom. The van der Waals surface area contributed by atoms with E-state index in [1.165, 1.54) is 38.3 Å². The van der Waals surface area contributed by atoms with Crippen molar-refractivity contribution < 1.29 is 0 Å². The van der Waals surface area contributed by atoms with Crippen LogP contribution in [0.2, 0.25) is 0 Å². The van der Waals surface area contributed by atoms with Crippen LogP contribution < -0.4 is 5.32 Å². The highest BCUT2D eigenvalue weighted by molar-refractivity contribution is 5.04. The summed E-state index contributed by atoms with van der Waals surface area (Å²) >= 11 is 0. The minimum atomic E-state index is 0.911. The molecule has 0 amide bonds. The number of likely N-dealkylation sites (tertiary alicyclic amines) is 1. The SMILES string of the molecule is Cn1cc(CCN2C[C@H]3CNC[C@H]3C2)cn1. The smallest absolute Gasteiger partial charge is 0.0522 e. The first-order valence-corrected chi connectivity index (χ1v) is 6.22. The number of nitrogens with one attached hydrogen (secondary N) is 1. The molecule has 16 heavy (non-hydrogen) atoms. The first kappa shape index (κ1) is 10.3. The normalized spacial score (nSPS) is 29.8. The molecule has 3 rings (SSSR count). The summed E-state index contributed by atoms with van der Waals surface area (Å²) in [5, 5.41) is 7.69. The van der Waals surface area contributed by atoms with Crippen molar-refractivity contribution in [3.8, 4) is 0 Å². The van der Waals surface area contributed by atoms with E-state index in [0.29, 0.717) is 0 Å². The second kappa shape index (κ2) is 4.18. The van der Waals surface area contributed by atoms with Crippen molar-refractivity contribution in [2.24, 2.45) is 18.9 Å². The molecule has 2 saturated heterocycles. The lowest BCUT2D eigenvalue weighted by atomic mass is 10.0. The Labute approximate surface area is 96.6 Å². The molecule has 0 unspecified atom stereocenters. The van der Waals surface area contributed by atoms with Crippen LogP contribution in [-0.2, 0) is 13.5 Å². The van der Waals surface area contributed by atoms with Gasteiger partial charge < -0.3 is 10.2 Å². The first-order valence-electron chi connectivity index (χ1n) is 6.22. The van der Waals surface area contributed by atoms with E-state index < -0.39 is 0 Å². The lowest BCUT2D eigenvalue weighted by Crippen LogP contribution is -2.27. The Bertz CT molecular complexity index is 348. The van der Waals surface area contributed by atoms with Crippen LogP contribution in [0, 0.1) is 11.8 Å². The molecular weight excluding hydrogens is 200 g/mol. The second-order valence-electron chi connectivity index (χ2n) is 5.21. The lowest BCUT2D eigenvalue weighted by molar-refractivity contribution is 0.317. The van der Waals surface area contributed by atoms with Gasteiger partial charge in [-0.3, -0.25) is 4.68 Å². The molecule has 1 aromatic rings. The Balaban J connectivity index is 1.50. The summed E-state index contributed by atoms with van der Waals surface area (Å²) < 4.78 is 1.89. The van der Waals surface area contributed by atoms with Gasteiger partial charge in [-0.1, -0.05) is 0 Å². The molecule has 3 heterocycles. The average Bonchev–Trinajstić information content (AvgIpc) is 2.89. The molecule has 0 aromatic carbocycles. The van der Waals surface area contributed by atoms with Crippen molar-refractivity contribution in [2.75, 3.05) is 32.7 Å². The quantitative estimate of drug-likeness (QED) is 0.785. The van der Waals surface area contributed by atoms with Crippen LogP contribution >= 0.6 is 0 Å². The third kappa shape index (κ3) is 1.99. The maximum Gasteiger partial charge on any atom is 0.0522 e. The Morgan fingerprint density at radius 1 is 1.38 bits per heavy atom. The fraction of sp³-hybridized carbons (Fsp3) is 0.750. The zero-order valence-corrected chi connectivity index (χ0v) is 9.89. The predicted octanol–water partition coefficient (Wildman–Crippen LogP) is 0.114. The van der Waals surface area contributed by atoms with Gasteiger partial charge in [-0.25, -0.2) is 0 Å². The molecule has 88 valence electrons. The van der Waals surface area contributed by atoms with E-state index in [-0.39, 0.29) is 0 Å². The zero-order chi connectivity index (χ0) is 11.0. The molecule has 0 saturated carbocycles. The number of hydrogen-bond donors (Lipinski definition) is 1. The number of nitrogens with zero attached hydrogens (tertiary/aromatic N) is 3. The molecule has 2 fully saturated rings. The van der Waals surface area contributed by atoms with Crippen LogP contribution in [0.1, 0.15) is 5.56 Å². The van der Waals surface area contributed by atoms with Gasteiger partial charge in [-0.15, -0.1) is 0 Å². The molecule has 0 spiro atoms. The standard InChI is InChI=1S/C12H20N4/c1-15-7-10(4-14-15)2-3-16-8-11-5-13-6-12(11)9-16/h4,7,11-13H,2-3,5-6,8-9H2,1H3/t11-,12+. The summed E-state index contributed by atoms with van der Waals surface area (Å²) in [7, 11) is 1.98. The third-order valence-corrected chi connectivity index (χ3v) is 3.94.